The zero-order chi connectivity index (χ0) is 6.32. The van der Waals surface area contributed by atoms with Crippen molar-refractivity contribution in [3.8, 4) is 0 Å². The number of rotatable bonds is 3. The molecule has 2 heteroatoms. The highest BCUT2D eigenvalue weighted by Crippen LogP contribution is 2.34. The summed E-state index contributed by atoms with van der Waals surface area (Å²) in [6, 6.07) is 0. The zero-order valence-corrected chi connectivity index (χ0v) is 5.56. The van der Waals surface area contributed by atoms with Crippen LogP contribution in [-0.4, -0.2) is 17.4 Å². The second-order valence-electron chi connectivity index (χ2n) is 3.36. The molecule has 0 atom stereocenters. The highest BCUT2D eigenvalue weighted by molar-refractivity contribution is 4.92. The summed E-state index contributed by atoms with van der Waals surface area (Å²) in [6.45, 7) is 1.04. The molecule has 0 aromatic rings. The molecule has 2 fully saturated rings. The molecule has 0 bridgehead atoms. The van der Waals surface area contributed by atoms with Crippen molar-refractivity contribution < 1.29 is 5.11 Å². The van der Waals surface area contributed by atoms with E-state index in [-0.39, 0.29) is 0 Å². The van der Waals surface area contributed by atoms with Crippen molar-refractivity contribution >= 4 is 0 Å². The van der Waals surface area contributed by atoms with Gasteiger partial charge < -0.3 is 5.11 Å². The Morgan fingerprint density at radius 2 is 2.11 bits per heavy atom. The van der Waals surface area contributed by atoms with Gasteiger partial charge in [0.1, 0.15) is 5.72 Å². The van der Waals surface area contributed by atoms with Crippen LogP contribution in [-0.2, 0) is 0 Å². The summed E-state index contributed by atoms with van der Waals surface area (Å²) in [5.74, 6) is 0.884. The van der Waals surface area contributed by atoms with Crippen LogP contribution in [0.2, 0.25) is 0 Å². The van der Waals surface area contributed by atoms with Crippen molar-refractivity contribution in [2.45, 2.75) is 31.4 Å². The molecule has 0 amide bonds. The van der Waals surface area contributed by atoms with Gasteiger partial charge in [0.05, 0.1) is 0 Å². The zero-order valence-electron chi connectivity index (χ0n) is 5.56. The molecule has 9 heavy (non-hydrogen) atoms. The van der Waals surface area contributed by atoms with Crippen molar-refractivity contribution in [1.29, 1.82) is 0 Å². The smallest absolute Gasteiger partial charge is 0.116 e. The van der Waals surface area contributed by atoms with Gasteiger partial charge in [-0.25, -0.2) is 0 Å². The van der Waals surface area contributed by atoms with E-state index in [2.05, 4.69) is 5.32 Å². The van der Waals surface area contributed by atoms with Gasteiger partial charge in [-0.1, -0.05) is 0 Å². The molecule has 2 N–H and O–H groups in total. The number of hydrogen-bond donors (Lipinski definition) is 2. The first-order valence-corrected chi connectivity index (χ1v) is 3.76. The van der Waals surface area contributed by atoms with Crippen LogP contribution in [0.1, 0.15) is 25.7 Å². The maximum absolute atomic E-state index is 9.29. The van der Waals surface area contributed by atoms with E-state index in [1.807, 2.05) is 0 Å². The van der Waals surface area contributed by atoms with E-state index in [0.717, 1.165) is 25.3 Å². The molecule has 2 rings (SSSR count). The summed E-state index contributed by atoms with van der Waals surface area (Å²) in [5, 5.41) is 12.4. The van der Waals surface area contributed by atoms with Gasteiger partial charge in [0, 0.05) is 6.54 Å². The minimum Gasteiger partial charge on any atom is -0.376 e. The van der Waals surface area contributed by atoms with E-state index < -0.39 is 5.72 Å². The van der Waals surface area contributed by atoms with E-state index in [1.54, 1.807) is 0 Å². The van der Waals surface area contributed by atoms with Crippen molar-refractivity contribution in [3.63, 3.8) is 0 Å². The first kappa shape index (κ1) is 5.69. The van der Waals surface area contributed by atoms with Gasteiger partial charge >= 0.3 is 0 Å². The molecule has 2 saturated carbocycles. The molecule has 2 aliphatic carbocycles. The van der Waals surface area contributed by atoms with Gasteiger partial charge in [-0.15, -0.1) is 0 Å². The SMILES string of the molecule is OC1(NCC2CC2)CC1. The predicted molar refractivity (Wildman–Crippen MR) is 34.9 cm³/mol. The van der Waals surface area contributed by atoms with Crippen LogP contribution in [0.15, 0.2) is 0 Å². The molecule has 0 spiro atoms. The first-order chi connectivity index (χ1) is 4.29. The van der Waals surface area contributed by atoms with Gasteiger partial charge in [0.25, 0.3) is 0 Å². The van der Waals surface area contributed by atoms with Crippen LogP contribution in [0.4, 0.5) is 0 Å². The average Bonchev–Trinajstić information content (AvgIpc) is 2.58. The molecule has 0 aromatic heterocycles. The van der Waals surface area contributed by atoms with Crippen molar-refractivity contribution in [1.82, 2.24) is 5.32 Å². The normalized spacial score (nSPS) is 30.3. The lowest BCUT2D eigenvalue weighted by atomic mass is 10.4. The van der Waals surface area contributed by atoms with Crippen molar-refractivity contribution in [2.24, 2.45) is 5.92 Å². The summed E-state index contributed by atoms with van der Waals surface area (Å²) in [4.78, 5) is 0. The molecule has 52 valence electrons. The number of aliphatic hydroxyl groups is 1. The number of nitrogens with one attached hydrogen (secondary N) is 1. The Kier molecular flexibility index (Phi) is 1.08. The summed E-state index contributed by atoms with van der Waals surface area (Å²) < 4.78 is 0. The molecule has 0 radical (unpaired) electrons. The van der Waals surface area contributed by atoms with Crippen LogP contribution in [0.25, 0.3) is 0 Å². The maximum Gasteiger partial charge on any atom is 0.116 e. The van der Waals surface area contributed by atoms with Crippen molar-refractivity contribution in [3.05, 3.63) is 0 Å². The standard InChI is InChI=1S/C7H13NO/c9-7(3-4-7)8-5-6-1-2-6/h6,8-9H,1-5H2. The average molecular weight is 127 g/mol. The fraction of sp³-hybridized carbons (Fsp3) is 1.00. The Hall–Kier alpha value is -0.0800. The Morgan fingerprint density at radius 3 is 2.56 bits per heavy atom. The van der Waals surface area contributed by atoms with Crippen LogP contribution < -0.4 is 5.32 Å². The number of hydrogen-bond acceptors (Lipinski definition) is 2. The van der Waals surface area contributed by atoms with Crippen LogP contribution >= 0.6 is 0 Å². The summed E-state index contributed by atoms with van der Waals surface area (Å²) >= 11 is 0. The molecule has 0 heterocycles. The molecule has 0 unspecified atom stereocenters. The molecular formula is C7H13NO. The maximum atomic E-state index is 9.29. The highest BCUT2D eigenvalue weighted by atomic mass is 16.3. The first-order valence-electron chi connectivity index (χ1n) is 3.76. The van der Waals surface area contributed by atoms with Gasteiger partial charge in [-0.3, -0.25) is 5.32 Å². The monoisotopic (exact) mass is 127 g/mol. The van der Waals surface area contributed by atoms with Gasteiger partial charge in [-0.2, -0.15) is 0 Å². The minimum atomic E-state index is -0.428. The Labute approximate surface area is 55.3 Å². The van der Waals surface area contributed by atoms with E-state index in [9.17, 15) is 5.11 Å². The lowest BCUT2D eigenvalue weighted by molar-refractivity contribution is 0.110. The third kappa shape index (κ3) is 1.43. The topological polar surface area (TPSA) is 32.3 Å². The Balaban J connectivity index is 1.65. The van der Waals surface area contributed by atoms with Crippen LogP contribution in [0.5, 0.6) is 0 Å². The van der Waals surface area contributed by atoms with E-state index in [0.29, 0.717) is 0 Å². The Morgan fingerprint density at radius 1 is 1.44 bits per heavy atom. The minimum absolute atomic E-state index is 0.428. The summed E-state index contributed by atoms with van der Waals surface area (Å²) in [6.07, 6.45) is 4.64. The second kappa shape index (κ2) is 1.70. The molecule has 0 saturated heterocycles. The van der Waals surface area contributed by atoms with Gasteiger partial charge in [-0.05, 0) is 31.6 Å². The van der Waals surface area contributed by atoms with Crippen molar-refractivity contribution in [2.75, 3.05) is 6.54 Å². The molecule has 0 aromatic carbocycles. The van der Waals surface area contributed by atoms with E-state index >= 15 is 0 Å². The molecule has 2 nitrogen and oxygen atoms in total. The quantitative estimate of drug-likeness (QED) is 0.540. The van der Waals surface area contributed by atoms with Gasteiger partial charge in [0.15, 0.2) is 0 Å². The largest absolute Gasteiger partial charge is 0.376 e. The molecular weight excluding hydrogens is 114 g/mol. The van der Waals surface area contributed by atoms with Gasteiger partial charge in [0.2, 0.25) is 0 Å². The summed E-state index contributed by atoms with van der Waals surface area (Å²) in [7, 11) is 0. The summed E-state index contributed by atoms with van der Waals surface area (Å²) in [5.41, 5.74) is -0.428. The second-order valence-corrected chi connectivity index (χ2v) is 3.36. The fourth-order valence-corrected chi connectivity index (χ4v) is 0.951. The lowest BCUT2D eigenvalue weighted by Crippen LogP contribution is -2.32. The Bertz CT molecular complexity index is 116. The third-order valence-corrected chi connectivity index (χ3v) is 2.14. The molecule has 2 aliphatic rings. The molecule has 0 aliphatic heterocycles. The highest BCUT2D eigenvalue weighted by Gasteiger charge is 2.40. The van der Waals surface area contributed by atoms with E-state index in [4.69, 9.17) is 0 Å². The van der Waals surface area contributed by atoms with E-state index in [1.165, 1.54) is 12.8 Å². The third-order valence-electron chi connectivity index (χ3n) is 2.14. The predicted octanol–water partition coefficient (Wildman–Crippen LogP) is 0.468. The fourth-order valence-electron chi connectivity index (χ4n) is 0.951. The van der Waals surface area contributed by atoms with Crippen LogP contribution in [0.3, 0.4) is 0 Å². The lowest BCUT2D eigenvalue weighted by Gasteiger charge is -2.08. The van der Waals surface area contributed by atoms with Crippen LogP contribution in [0, 0.1) is 5.92 Å².